The van der Waals surface area contributed by atoms with Gasteiger partial charge in [-0.3, -0.25) is 4.79 Å². The fourth-order valence-electron chi connectivity index (χ4n) is 2.32. The molecule has 1 aromatic carbocycles. The average Bonchev–Trinajstić information content (AvgIpc) is 2.38. The van der Waals surface area contributed by atoms with Crippen LogP contribution in [0.2, 0.25) is 0 Å². The first-order chi connectivity index (χ1) is 10.1. The van der Waals surface area contributed by atoms with Gasteiger partial charge in [0.1, 0.15) is 5.82 Å². The predicted molar refractivity (Wildman–Crippen MR) is 79.3 cm³/mol. The van der Waals surface area contributed by atoms with Gasteiger partial charge in [0.15, 0.2) is 0 Å². The van der Waals surface area contributed by atoms with E-state index in [1.165, 1.54) is 18.6 Å². The van der Waals surface area contributed by atoms with Crippen LogP contribution in [-0.4, -0.2) is 23.7 Å². The van der Waals surface area contributed by atoms with E-state index in [1.807, 2.05) is 6.92 Å². The van der Waals surface area contributed by atoms with E-state index in [0.717, 1.165) is 12.8 Å². The highest BCUT2D eigenvalue weighted by Gasteiger charge is 2.25. The summed E-state index contributed by atoms with van der Waals surface area (Å²) < 4.78 is 13.9. The van der Waals surface area contributed by atoms with Crippen molar-refractivity contribution in [2.45, 2.75) is 38.6 Å². The first kappa shape index (κ1) is 15.5. The number of benzene rings is 1. The van der Waals surface area contributed by atoms with Gasteiger partial charge in [0.25, 0.3) is 5.91 Å². The van der Waals surface area contributed by atoms with Gasteiger partial charge in [0, 0.05) is 18.0 Å². The van der Waals surface area contributed by atoms with Crippen molar-refractivity contribution in [1.29, 1.82) is 0 Å². The highest BCUT2D eigenvalue weighted by atomic mass is 19.1. The molecule has 21 heavy (non-hydrogen) atoms. The maximum absolute atomic E-state index is 13.9. The van der Waals surface area contributed by atoms with E-state index in [-0.39, 0.29) is 24.1 Å². The van der Waals surface area contributed by atoms with Gasteiger partial charge in [-0.25, -0.2) is 4.39 Å². The summed E-state index contributed by atoms with van der Waals surface area (Å²) in [5, 5.41) is 11.6. The Labute approximate surface area is 124 Å². The van der Waals surface area contributed by atoms with Crippen molar-refractivity contribution in [2.75, 3.05) is 6.61 Å². The van der Waals surface area contributed by atoms with Gasteiger partial charge in [-0.2, -0.15) is 0 Å². The lowest BCUT2D eigenvalue weighted by molar-refractivity contribution is 0.0909. The van der Waals surface area contributed by atoms with E-state index >= 15 is 0 Å². The maximum Gasteiger partial charge on any atom is 0.251 e. The van der Waals surface area contributed by atoms with Gasteiger partial charge in [0.05, 0.1) is 12.2 Å². The van der Waals surface area contributed by atoms with Crippen molar-refractivity contribution in [1.82, 2.24) is 5.32 Å². The fraction of sp³-hybridized carbons (Fsp3) is 0.471. The smallest absolute Gasteiger partial charge is 0.251 e. The molecule has 0 spiro atoms. The summed E-state index contributed by atoms with van der Waals surface area (Å²) in [5.74, 6) is 5.09. The largest absolute Gasteiger partial charge is 0.395 e. The highest BCUT2D eigenvalue weighted by Crippen LogP contribution is 2.29. The van der Waals surface area contributed by atoms with Crippen LogP contribution in [0.15, 0.2) is 18.2 Å². The molecular weight excluding hydrogens is 269 g/mol. The Morgan fingerprint density at radius 2 is 2.29 bits per heavy atom. The summed E-state index contributed by atoms with van der Waals surface area (Å²) in [6.07, 6.45) is 3.83. The summed E-state index contributed by atoms with van der Waals surface area (Å²) >= 11 is 0. The maximum atomic E-state index is 13.9. The Balaban J connectivity index is 2.01. The van der Waals surface area contributed by atoms with E-state index < -0.39 is 5.82 Å². The van der Waals surface area contributed by atoms with Gasteiger partial charge in [-0.05, 0) is 43.9 Å². The summed E-state index contributed by atoms with van der Waals surface area (Å²) in [4.78, 5) is 12.1. The number of carbonyl (C=O) groups is 1. The molecule has 1 atom stereocenters. The standard InChI is InChI=1S/C17H20FNO2/c1-12(13-6-4-7-13)19-17(21)15-9-8-14(16(18)11-15)5-2-3-10-20/h8-9,11-13,20H,3-4,6-7,10H2,1H3,(H,19,21). The van der Waals surface area contributed by atoms with E-state index in [1.54, 1.807) is 6.07 Å². The van der Waals surface area contributed by atoms with Crippen LogP contribution in [0.25, 0.3) is 0 Å². The lowest BCUT2D eigenvalue weighted by Gasteiger charge is -2.31. The molecule has 2 N–H and O–H groups in total. The van der Waals surface area contributed by atoms with E-state index in [9.17, 15) is 9.18 Å². The number of hydrogen-bond acceptors (Lipinski definition) is 2. The van der Waals surface area contributed by atoms with Crippen molar-refractivity contribution >= 4 is 5.91 Å². The zero-order valence-corrected chi connectivity index (χ0v) is 12.2. The Hall–Kier alpha value is -1.86. The van der Waals surface area contributed by atoms with E-state index in [4.69, 9.17) is 5.11 Å². The molecular formula is C17H20FNO2. The number of halogens is 1. The van der Waals surface area contributed by atoms with Crippen LogP contribution in [0.4, 0.5) is 4.39 Å². The molecule has 1 saturated carbocycles. The number of carbonyl (C=O) groups excluding carboxylic acids is 1. The SMILES string of the molecule is CC(NC(=O)c1ccc(C#CCCO)c(F)c1)C1CCC1. The summed E-state index contributed by atoms with van der Waals surface area (Å²) in [7, 11) is 0. The number of amides is 1. The molecule has 2 rings (SSSR count). The lowest BCUT2D eigenvalue weighted by atomic mass is 9.80. The predicted octanol–water partition coefficient (Wildman–Crippen LogP) is 2.48. The monoisotopic (exact) mass is 289 g/mol. The quantitative estimate of drug-likeness (QED) is 0.837. The van der Waals surface area contributed by atoms with Crippen LogP contribution >= 0.6 is 0 Å². The van der Waals surface area contributed by atoms with Gasteiger partial charge >= 0.3 is 0 Å². The summed E-state index contributed by atoms with van der Waals surface area (Å²) in [5.41, 5.74) is 0.554. The number of rotatable bonds is 4. The van der Waals surface area contributed by atoms with Crippen LogP contribution < -0.4 is 5.32 Å². The van der Waals surface area contributed by atoms with Gasteiger partial charge in [-0.1, -0.05) is 18.3 Å². The Morgan fingerprint density at radius 3 is 2.86 bits per heavy atom. The second kappa shape index (κ2) is 7.24. The summed E-state index contributed by atoms with van der Waals surface area (Å²) in [6, 6.07) is 4.42. The molecule has 0 saturated heterocycles. The molecule has 1 aliphatic carbocycles. The van der Waals surface area contributed by atoms with Gasteiger partial charge in [0.2, 0.25) is 0 Å². The van der Waals surface area contributed by atoms with Crippen molar-refractivity contribution in [3.63, 3.8) is 0 Å². The molecule has 1 amide bonds. The lowest BCUT2D eigenvalue weighted by Crippen LogP contribution is -2.40. The molecule has 1 unspecified atom stereocenters. The average molecular weight is 289 g/mol. The first-order valence-electron chi connectivity index (χ1n) is 7.32. The Kier molecular flexibility index (Phi) is 5.35. The third-order valence-corrected chi connectivity index (χ3v) is 3.91. The third-order valence-electron chi connectivity index (χ3n) is 3.91. The normalized spacial score (nSPS) is 15.6. The number of nitrogens with one attached hydrogen (secondary N) is 1. The van der Waals surface area contributed by atoms with Crippen LogP contribution in [0, 0.1) is 23.6 Å². The Bertz CT molecular complexity index is 570. The minimum Gasteiger partial charge on any atom is -0.395 e. The van der Waals surface area contributed by atoms with Crippen molar-refractivity contribution in [3.05, 3.63) is 35.1 Å². The molecule has 112 valence electrons. The zero-order valence-electron chi connectivity index (χ0n) is 12.2. The van der Waals surface area contributed by atoms with Crippen LogP contribution in [0.1, 0.15) is 48.5 Å². The van der Waals surface area contributed by atoms with Crippen LogP contribution in [-0.2, 0) is 0 Å². The highest BCUT2D eigenvalue weighted by molar-refractivity contribution is 5.94. The van der Waals surface area contributed by atoms with Crippen molar-refractivity contribution in [3.8, 4) is 11.8 Å². The molecule has 3 nitrogen and oxygen atoms in total. The minimum absolute atomic E-state index is 0.0475. The molecule has 1 aromatic rings. The van der Waals surface area contributed by atoms with Crippen molar-refractivity contribution < 1.29 is 14.3 Å². The molecule has 1 aliphatic rings. The van der Waals surface area contributed by atoms with Gasteiger partial charge in [-0.15, -0.1) is 0 Å². The molecule has 4 heteroatoms. The number of hydrogen-bond donors (Lipinski definition) is 2. The first-order valence-corrected chi connectivity index (χ1v) is 7.32. The number of aliphatic hydroxyl groups excluding tert-OH is 1. The van der Waals surface area contributed by atoms with Crippen LogP contribution in [0.5, 0.6) is 0 Å². The fourth-order valence-corrected chi connectivity index (χ4v) is 2.32. The number of aliphatic hydroxyl groups is 1. The minimum atomic E-state index is -0.510. The van der Waals surface area contributed by atoms with Crippen LogP contribution in [0.3, 0.4) is 0 Å². The molecule has 1 fully saturated rings. The molecule has 0 bridgehead atoms. The summed E-state index contributed by atoms with van der Waals surface area (Å²) in [6.45, 7) is 1.95. The molecule has 0 radical (unpaired) electrons. The van der Waals surface area contributed by atoms with Gasteiger partial charge < -0.3 is 10.4 Å². The second-order valence-electron chi connectivity index (χ2n) is 5.42. The zero-order chi connectivity index (χ0) is 15.2. The second-order valence-corrected chi connectivity index (χ2v) is 5.42. The third kappa shape index (κ3) is 4.05. The van der Waals surface area contributed by atoms with E-state index in [2.05, 4.69) is 17.2 Å². The van der Waals surface area contributed by atoms with Crippen molar-refractivity contribution in [2.24, 2.45) is 5.92 Å². The molecule has 0 aliphatic heterocycles. The molecule has 0 aromatic heterocycles. The molecule has 0 heterocycles. The Morgan fingerprint density at radius 1 is 1.52 bits per heavy atom. The topological polar surface area (TPSA) is 49.3 Å². The van der Waals surface area contributed by atoms with E-state index in [0.29, 0.717) is 17.9 Å².